The zero-order valence-electron chi connectivity index (χ0n) is 13.9. The lowest BCUT2D eigenvalue weighted by molar-refractivity contribution is -0.117. The number of rotatable bonds is 6. The first-order valence-electron chi connectivity index (χ1n) is 8.25. The number of carbonyl (C=O) groups is 2. The summed E-state index contributed by atoms with van der Waals surface area (Å²) in [5.41, 5.74) is 2.14. The molecule has 1 atom stereocenters. The predicted octanol–water partition coefficient (Wildman–Crippen LogP) is 4.13. The van der Waals surface area contributed by atoms with Gasteiger partial charge in [-0.15, -0.1) is 0 Å². The monoisotopic (exact) mass is 357 g/mol. The van der Waals surface area contributed by atoms with Crippen LogP contribution in [0.2, 0.25) is 5.02 Å². The van der Waals surface area contributed by atoms with Crippen LogP contribution in [-0.4, -0.2) is 17.9 Å². The molecule has 1 aliphatic rings. The maximum absolute atomic E-state index is 12.3. The van der Waals surface area contributed by atoms with Gasteiger partial charge >= 0.3 is 0 Å². The minimum atomic E-state index is -0.451. The third kappa shape index (κ3) is 4.97. The van der Waals surface area contributed by atoms with E-state index >= 15 is 0 Å². The Morgan fingerprint density at radius 3 is 2.32 bits per heavy atom. The molecule has 6 heteroatoms. The number of amides is 2. The van der Waals surface area contributed by atoms with E-state index in [0.29, 0.717) is 10.7 Å². The molecule has 3 N–H and O–H groups in total. The third-order valence-corrected chi connectivity index (χ3v) is 4.18. The fourth-order valence-electron chi connectivity index (χ4n) is 2.41. The second-order valence-electron chi connectivity index (χ2n) is 6.21. The highest BCUT2D eigenvalue weighted by Crippen LogP contribution is 2.30. The van der Waals surface area contributed by atoms with Gasteiger partial charge in [0.05, 0.1) is 0 Å². The molecule has 0 aromatic heterocycles. The number of benzene rings is 2. The Kier molecular flexibility index (Phi) is 5.24. The quantitative estimate of drug-likeness (QED) is 0.728. The number of anilines is 3. The standard InChI is InChI=1S/C19H20ClN3O2/c1-12(18(24)22-15-5-2-4-14(20)10-15)21-16-6-3-7-17(11-16)23-19(25)13-8-9-13/h2-7,10-13,21H,8-9H2,1H3,(H,22,24)(H,23,25). The molecule has 2 aromatic rings. The smallest absolute Gasteiger partial charge is 0.246 e. The van der Waals surface area contributed by atoms with E-state index in [1.807, 2.05) is 24.3 Å². The summed E-state index contributed by atoms with van der Waals surface area (Å²) in [6.45, 7) is 1.77. The van der Waals surface area contributed by atoms with Crippen molar-refractivity contribution in [2.24, 2.45) is 5.92 Å². The zero-order chi connectivity index (χ0) is 17.8. The molecule has 1 aliphatic carbocycles. The van der Waals surface area contributed by atoms with E-state index in [0.717, 1.165) is 24.2 Å². The van der Waals surface area contributed by atoms with E-state index in [1.165, 1.54) is 0 Å². The summed E-state index contributed by atoms with van der Waals surface area (Å²) in [4.78, 5) is 24.1. The summed E-state index contributed by atoms with van der Waals surface area (Å²) < 4.78 is 0. The highest BCUT2D eigenvalue weighted by atomic mass is 35.5. The molecule has 1 saturated carbocycles. The summed E-state index contributed by atoms with van der Waals surface area (Å²) in [6.07, 6.45) is 1.93. The van der Waals surface area contributed by atoms with Crippen LogP contribution in [0.15, 0.2) is 48.5 Å². The molecule has 0 radical (unpaired) electrons. The van der Waals surface area contributed by atoms with Crippen molar-refractivity contribution in [1.82, 2.24) is 0 Å². The molecule has 1 fully saturated rings. The first-order chi connectivity index (χ1) is 12.0. The average molecular weight is 358 g/mol. The second kappa shape index (κ2) is 7.57. The average Bonchev–Trinajstić information content (AvgIpc) is 3.40. The first-order valence-corrected chi connectivity index (χ1v) is 8.63. The first kappa shape index (κ1) is 17.3. The molecule has 25 heavy (non-hydrogen) atoms. The van der Waals surface area contributed by atoms with Crippen LogP contribution < -0.4 is 16.0 Å². The van der Waals surface area contributed by atoms with Gasteiger partial charge in [0.1, 0.15) is 6.04 Å². The molecule has 130 valence electrons. The van der Waals surface area contributed by atoms with E-state index in [2.05, 4.69) is 16.0 Å². The topological polar surface area (TPSA) is 70.2 Å². The Morgan fingerprint density at radius 1 is 1.00 bits per heavy atom. The predicted molar refractivity (Wildman–Crippen MR) is 101 cm³/mol. The van der Waals surface area contributed by atoms with Gasteiger partial charge in [-0.05, 0) is 56.2 Å². The summed E-state index contributed by atoms with van der Waals surface area (Å²) in [5.74, 6) is 0.0394. The molecule has 3 rings (SSSR count). The van der Waals surface area contributed by atoms with Crippen LogP contribution in [0.5, 0.6) is 0 Å². The second-order valence-corrected chi connectivity index (χ2v) is 6.65. The highest BCUT2D eigenvalue weighted by molar-refractivity contribution is 6.30. The molecule has 0 bridgehead atoms. The van der Waals surface area contributed by atoms with E-state index < -0.39 is 6.04 Å². The van der Waals surface area contributed by atoms with Crippen molar-refractivity contribution < 1.29 is 9.59 Å². The van der Waals surface area contributed by atoms with Gasteiger partial charge in [0.15, 0.2) is 0 Å². The number of carbonyl (C=O) groups excluding carboxylic acids is 2. The zero-order valence-corrected chi connectivity index (χ0v) is 14.6. The molecule has 2 amide bonds. The van der Waals surface area contributed by atoms with Gasteiger partial charge in [-0.3, -0.25) is 9.59 Å². The van der Waals surface area contributed by atoms with Gasteiger partial charge in [0.25, 0.3) is 0 Å². The Hall–Kier alpha value is -2.53. The van der Waals surface area contributed by atoms with Crippen molar-refractivity contribution in [1.29, 1.82) is 0 Å². The Morgan fingerprint density at radius 2 is 1.64 bits per heavy atom. The fourth-order valence-corrected chi connectivity index (χ4v) is 2.60. The normalized spacial score (nSPS) is 14.5. The Bertz CT molecular complexity index is 790. The SMILES string of the molecule is CC(Nc1cccc(NC(=O)C2CC2)c1)C(=O)Nc1cccc(Cl)c1. The van der Waals surface area contributed by atoms with Crippen molar-refractivity contribution in [2.45, 2.75) is 25.8 Å². The summed E-state index contributed by atoms with van der Waals surface area (Å²) in [5, 5.41) is 9.42. The molecular formula is C19H20ClN3O2. The third-order valence-electron chi connectivity index (χ3n) is 3.95. The van der Waals surface area contributed by atoms with Crippen molar-refractivity contribution in [3.05, 3.63) is 53.6 Å². The fraction of sp³-hybridized carbons (Fsp3) is 0.263. The summed E-state index contributed by atoms with van der Waals surface area (Å²) >= 11 is 5.92. The van der Waals surface area contributed by atoms with E-state index in [1.54, 1.807) is 31.2 Å². The van der Waals surface area contributed by atoms with E-state index in [4.69, 9.17) is 11.6 Å². The minimum absolute atomic E-state index is 0.0592. The van der Waals surface area contributed by atoms with Crippen LogP contribution in [0, 0.1) is 5.92 Å². The Labute approximate surface area is 151 Å². The van der Waals surface area contributed by atoms with Crippen LogP contribution in [0.3, 0.4) is 0 Å². The van der Waals surface area contributed by atoms with Gasteiger partial charge in [-0.2, -0.15) is 0 Å². The van der Waals surface area contributed by atoms with E-state index in [-0.39, 0.29) is 17.7 Å². The molecule has 0 heterocycles. The van der Waals surface area contributed by atoms with Gasteiger partial charge in [0, 0.05) is 28.0 Å². The van der Waals surface area contributed by atoms with Crippen LogP contribution >= 0.6 is 11.6 Å². The lowest BCUT2D eigenvalue weighted by atomic mass is 10.2. The van der Waals surface area contributed by atoms with Crippen LogP contribution in [0.25, 0.3) is 0 Å². The van der Waals surface area contributed by atoms with Gasteiger partial charge in [-0.1, -0.05) is 23.7 Å². The van der Waals surface area contributed by atoms with Crippen LogP contribution in [0.4, 0.5) is 17.1 Å². The number of nitrogens with one attached hydrogen (secondary N) is 3. The molecule has 2 aromatic carbocycles. The lowest BCUT2D eigenvalue weighted by Crippen LogP contribution is -2.31. The molecule has 0 aliphatic heterocycles. The van der Waals surface area contributed by atoms with E-state index in [9.17, 15) is 9.59 Å². The van der Waals surface area contributed by atoms with Crippen molar-refractivity contribution in [2.75, 3.05) is 16.0 Å². The molecular weight excluding hydrogens is 338 g/mol. The maximum Gasteiger partial charge on any atom is 0.246 e. The summed E-state index contributed by atoms with van der Waals surface area (Å²) in [6, 6.07) is 13.9. The van der Waals surface area contributed by atoms with Gasteiger partial charge in [-0.25, -0.2) is 0 Å². The molecule has 5 nitrogen and oxygen atoms in total. The summed E-state index contributed by atoms with van der Waals surface area (Å²) in [7, 11) is 0. The lowest BCUT2D eigenvalue weighted by Gasteiger charge is -2.16. The minimum Gasteiger partial charge on any atom is -0.374 e. The van der Waals surface area contributed by atoms with Crippen molar-refractivity contribution >= 4 is 40.5 Å². The molecule has 0 saturated heterocycles. The molecule has 1 unspecified atom stereocenters. The maximum atomic E-state index is 12.3. The van der Waals surface area contributed by atoms with Crippen LogP contribution in [0.1, 0.15) is 19.8 Å². The van der Waals surface area contributed by atoms with Crippen molar-refractivity contribution in [3.8, 4) is 0 Å². The number of halogens is 1. The number of hydrogen-bond donors (Lipinski definition) is 3. The van der Waals surface area contributed by atoms with Crippen molar-refractivity contribution in [3.63, 3.8) is 0 Å². The number of hydrogen-bond acceptors (Lipinski definition) is 3. The Balaban J connectivity index is 1.58. The van der Waals surface area contributed by atoms with Crippen LogP contribution in [-0.2, 0) is 9.59 Å². The largest absolute Gasteiger partial charge is 0.374 e. The van der Waals surface area contributed by atoms with Gasteiger partial charge < -0.3 is 16.0 Å². The highest BCUT2D eigenvalue weighted by Gasteiger charge is 2.29. The molecule has 0 spiro atoms. The van der Waals surface area contributed by atoms with Gasteiger partial charge in [0.2, 0.25) is 11.8 Å².